The van der Waals surface area contributed by atoms with Crippen molar-refractivity contribution < 1.29 is 4.79 Å². The maximum Gasteiger partial charge on any atom is 0.225 e. The van der Waals surface area contributed by atoms with Gasteiger partial charge in [0.05, 0.1) is 6.54 Å². The lowest BCUT2D eigenvalue weighted by atomic mass is 9.96. The average molecular weight is 359 g/mol. The molecule has 0 aromatic carbocycles. The van der Waals surface area contributed by atoms with Gasteiger partial charge in [-0.05, 0) is 18.9 Å². The van der Waals surface area contributed by atoms with Gasteiger partial charge < -0.3 is 20.9 Å². The van der Waals surface area contributed by atoms with E-state index in [0.29, 0.717) is 38.1 Å². The summed E-state index contributed by atoms with van der Waals surface area (Å²) in [7, 11) is 0. The van der Waals surface area contributed by atoms with E-state index >= 15 is 0 Å². The Morgan fingerprint density at radius 3 is 2.54 bits per heavy atom. The predicted molar refractivity (Wildman–Crippen MR) is 102 cm³/mol. The molecule has 142 valence electrons. The third-order valence-electron chi connectivity index (χ3n) is 5.03. The number of anilines is 1. The van der Waals surface area contributed by atoms with E-state index in [0.717, 1.165) is 31.9 Å². The maximum atomic E-state index is 12.4. The molecule has 1 amide bonds. The lowest BCUT2D eigenvalue weighted by molar-refractivity contribution is -0.131. The first-order chi connectivity index (χ1) is 12.7. The molecule has 0 radical (unpaired) electrons. The van der Waals surface area contributed by atoms with Gasteiger partial charge >= 0.3 is 0 Å². The smallest absolute Gasteiger partial charge is 0.225 e. The van der Waals surface area contributed by atoms with Crippen molar-refractivity contribution >= 4 is 17.8 Å². The quantitative estimate of drug-likeness (QED) is 0.594. The van der Waals surface area contributed by atoms with Crippen LogP contribution in [-0.2, 0) is 4.79 Å². The number of nitrogens with one attached hydrogen (secondary N) is 1. The summed E-state index contributed by atoms with van der Waals surface area (Å²) in [5.74, 6) is 1.33. The van der Waals surface area contributed by atoms with Crippen LogP contribution in [0, 0.1) is 0 Å². The van der Waals surface area contributed by atoms with Crippen LogP contribution >= 0.6 is 0 Å². The number of aliphatic imine (C=N–C) groups is 1. The van der Waals surface area contributed by atoms with Crippen molar-refractivity contribution in [3.8, 4) is 0 Å². The fraction of sp³-hybridized carbons (Fsp3) is 0.667. The van der Waals surface area contributed by atoms with Gasteiger partial charge in [-0.25, -0.2) is 9.97 Å². The molecule has 1 aliphatic heterocycles. The molecule has 0 bridgehead atoms. The molecule has 0 atom stereocenters. The van der Waals surface area contributed by atoms with Crippen LogP contribution in [0.15, 0.2) is 23.5 Å². The molecule has 0 spiro atoms. The summed E-state index contributed by atoms with van der Waals surface area (Å²) in [6, 6.07) is 2.25. The molecule has 1 aliphatic carbocycles. The fourth-order valence-electron chi connectivity index (χ4n) is 3.54. The average Bonchev–Trinajstić information content (AvgIpc) is 2.69. The highest BCUT2D eigenvalue weighted by Crippen LogP contribution is 2.17. The summed E-state index contributed by atoms with van der Waals surface area (Å²) in [6.45, 7) is 3.33. The van der Waals surface area contributed by atoms with Gasteiger partial charge in [0, 0.05) is 51.0 Å². The lowest BCUT2D eigenvalue weighted by Gasteiger charge is -2.34. The van der Waals surface area contributed by atoms with E-state index in [-0.39, 0.29) is 5.91 Å². The fourth-order valence-corrected chi connectivity index (χ4v) is 3.54. The zero-order valence-electron chi connectivity index (χ0n) is 15.3. The maximum absolute atomic E-state index is 12.4. The SMILES string of the molecule is NC(=NCCC(=O)N1CCN(c2ncccn2)CC1)NC1CCCCC1. The molecule has 8 nitrogen and oxygen atoms in total. The summed E-state index contributed by atoms with van der Waals surface area (Å²) in [6.07, 6.45) is 10.0. The first-order valence-corrected chi connectivity index (χ1v) is 9.58. The van der Waals surface area contributed by atoms with Crippen molar-refractivity contribution in [2.45, 2.75) is 44.6 Å². The predicted octanol–water partition coefficient (Wildman–Crippen LogP) is 0.752. The van der Waals surface area contributed by atoms with Crippen LogP contribution in [0.4, 0.5) is 5.95 Å². The summed E-state index contributed by atoms with van der Waals surface area (Å²) >= 11 is 0. The Labute approximate surface area is 154 Å². The van der Waals surface area contributed by atoms with Crippen LogP contribution in [0.5, 0.6) is 0 Å². The van der Waals surface area contributed by atoms with Gasteiger partial charge in [0.25, 0.3) is 0 Å². The van der Waals surface area contributed by atoms with Crippen molar-refractivity contribution in [3.63, 3.8) is 0 Å². The second-order valence-corrected chi connectivity index (χ2v) is 6.91. The van der Waals surface area contributed by atoms with Gasteiger partial charge in [-0.2, -0.15) is 0 Å². The summed E-state index contributed by atoms with van der Waals surface area (Å²) < 4.78 is 0. The van der Waals surface area contributed by atoms with Crippen LogP contribution in [0.3, 0.4) is 0 Å². The van der Waals surface area contributed by atoms with Gasteiger partial charge in [-0.3, -0.25) is 9.79 Å². The number of hydrogen-bond acceptors (Lipinski definition) is 5. The van der Waals surface area contributed by atoms with Crippen LogP contribution in [0.1, 0.15) is 38.5 Å². The number of piperazine rings is 1. The van der Waals surface area contributed by atoms with Gasteiger partial charge in [0.2, 0.25) is 11.9 Å². The van der Waals surface area contributed by atoms with Crippen molar-refractivity contribution in [1.82, 2.24) is 20.2 Å². The van der Waals surface area contributed by atoms with Crippen molar-refractivity contribution in [3.05, 3.63) is 18.5 Å². The second-order valence-electron chi connectivity index (χ2n) is 6.91. The van der Waals surface area contributed by atoms with E-state index in [9.17, 15) is 4.79 Å². The number of aromatic nitrogens is 2. The number of carbonyl (C=O) groups excluding carboxylic acids is 1. The number of amides is 1. The molecular formula is C18H29N7O. The number of carbonyl (C=O) groups is 1. The largest absolute Gasteiger partial charge is 0.370 e. The molecule has 3 N–H and O–H groups in total. The van der Waals surface area contributed by atoms with Crippen molar-refractivity contribution in [2.75, 3.05) is 37.6 Å². The highest BCUT2D eigenvalue weighted by atomic mass is 16.2. The minimum Gasteiger partial charge on any atom is -0.370 e. The van der Waals surface area contributed by atoms with E-state index in [2.05, 4.69) is 25.2 Å². The standard InChI is InChI=1S/C18H29N7O/c19-17(23-15-5-2-1-3-6-15)20-10-7-16(26)24-11-13-25(14-12-24)18-21-8-4-9-22-18/h4,8-9,15H,1-3,5-7,10-14H2,(H3,19,20,23). The Bertz CT molecular complexity index is 593. The number of nitrogens with two attached hydrogens (primary N) is 1. The normalized spacial score (nSPS) is 19.5. The zero-order valence-corrected chi connectivity index (χ0v) is 15.3. The lowest BCUT2D eigenvalue weighted by Crippen LogP contribution is -2.49. The van der Waals surface area contributed by atoms with Crippen LogP contribution < -0.4 is 16.0 Å². The third kappa shape index (κ3) is 5.31. The van der Waals surface area contributed by atoms with E-state index in [1.807, 2.05) is 4.90 Å². The van der Waals surface area contributed by atoms with E-state index in [1.165, 1.54) is 19.3 Å². The first-order valence-electron chi connectivity index (χ1n) is 9.58. The molecule has 2 aliphatic rings. The Morgan fingerprint density at radius 2 is 1.85 bits per heavy atom. The van der Waals surface area contributed by atoms with Crippen molar-refractivity contribution in [2.24, 2.45) is 10.7 Å². The summed E-state index contributed by atoms with van der Waals surface area (Å²) in [4.78, 5) is 29.2. The molecule has 3 rings (SSSR count). The number of hydrogen-bond donors (Lipinski definition) is 2. The minimum atomic E-state index is 0.132. The number of nitrogens with zero attached hydrogens (tertiary/aromatic N) is 5. The van der Waals surface area contributed by atoms with E-state index in [4.69, 9.17) is 5.73 Å². The monoisotopic (exact) mass is 359 g/mol. The Hall–Kier alpha value is -2.38. The molecule has 26 heavy (non-hydrogen) atoms. The zero-order chi connectivity index (χ0) is 18.2. The number of rotatable bonds is 5. The molecular weight excluding hydrogens is 330 g/mol. The molecule has 1 aromatic rings. The highest BCUT2D eigenvalue weighted by Gasteiger charge is 2.22. The Balaban J connectivity index is 1.37. The van der Waals surface area contributed by atoms with Crippen LogP contribution in [-0.4, -0.2) is 65.5 Å². The first kappa shape index (κ1) is 18.4. The molecule has 2 fully saturated rings. The van der Waals surface area contributed by atoms with Gasteiger partial charge in [-0.1, -0.05) is 19.3 Å². The van der Waals surface area contributed by atoms with Gasteiger partial charge in [0.1, 0.15) is 0 Å². The van der Waals surface area contributed by atoms with Gasteiger partial charge in [0.15, 0.2) is 5.96 Å². The highest BCUT2D eigenvalue weighted by molar-refractivity contribution is 5.79. The molecule has 2 heterocycles. The topological polar surface area (TPSA) is 99.7 Å². The van der Waals surface area contributed by atoms with Crippen LogP contribution in [0.2, 0.25) is 0 Å². The molecule has 1 saturated carbocycles. The molecule has 0 unspecified atom stereocenters. The van der Waals surface area contributed by atoms with Crippen molar-refractivity contribution in [1.29, 1.82) is 0 Å². The summed E-state index contributed by atoms with van der Waals surface area (Å²) in [5.41, 5.74) is 5.95. The second kappa shape index (κ2) is 9.35. The number of guanidine groups is 1. The molecule has 8 heteroatoms. The van der Waals surface area contributed by atoms with E-state index < -0.39 is 0 Å². The van der Waals surface area contributed by atoms with Gasteiger partial charge in [-0.15, -0.1) is 0 Å². The Kier molecular flexibility index (Phi) is 6.62. The third-order valence-corrected chi connectivity index (χ3v) is 5.03. The van der Waals surface area contributed by atoms with Crippen LogP contribution in [0.25, 0.3) is 0 Å². The van der Waals surface area contributed by atoms with E-state index in [1.54, 1.807) is 18.5 Å². The Morgan fingerprint density at radius 1 is 1.15 bits per heavy atom. The molecule has 1 aromatic heterocycles. The minimum absolute atomic E-state index is 0.132. The molecule has 1 saturated heterocycles. The summed E-state index contributed by atoms with van der Waals surface area (Å²) in [5, 5.41) is 3.28.